The van der Waals surface area contributed by atoms with E-state index < -0.39 is 41.4 Å². The topological polar surface area (TPSA) is 76.7 Å². The maximum atomic E-state index is 13.5. The van der Waals surface area contributed by atoms with Crippen molar-refractivity contribution < 1.29 is 32.2 Å². The van der Waals surface area contributed by atoms with Gasteiger partial charge in [0.15, 0.2) is 17.5 Å². The number of carbonyl (C=O) groups excluding carboxylic acids is 2. The summed E-state index contributed by atoms with van der Waals surface area (Å²) in [6, 6.07) is 6.19. The van der Waals surface area contributed by atoms with Crippen LogP contribution >= 0.6 is 0 Å². The van der Waals surface area contributed by atoms with Gasteiger partial charge >= 0.3 is 0 Å². The van der Waals surface area contributed by atoms with Crippen LogP contribution in [0.1, 0.15) is 6.42 Å². The molecule has 2 aromatic carbocycles. The highest BCUT2D eigenvalue weighted by molar-refractivity contribution is 6.08. The Morgan fingerprint density at radius 1 is 0.885 bits per heavy atom. The van der Waals surface area contributed by atoms with E-state index in [1.165, 1.54) is 20.3 Å². The van der Waals surface area contributed by atoms with Crippen LogP contribution in [-0.4, -0.2) is 26.0 Å². The lowest BCUT2D eigenvalue weighted by atomic mass is 10.2. The molecule has 9 heteroatoms. The van der Waals surface area contributed by atoms with Crippen molar-refractivity contribution in [2.24, 2.45) is 0 Å². The van der Waals surface area contributed by atoms with E-state index >= 15 is 0 Å². The summed E-state index contributed by atoms with van der Waals surface area (Å²) in [6.07, 6.45) is -0.682. The molecule has 138 valence electrons. The maximum Gasteiger partial charge on any atom is 0.233 e. The number of amides is 2. The Morgan fingerprint density at radius 3 is 2.15 bits per heavy atom. The van der Waals surface area contributed by atoms with Gasteiger partial charge in [-0.15, -0.1) is 0 Å². The lowest BCUT2D eigenvalue weighted by Gasteiger charge is -2.12. The smallest absolute Gasteiger partial charge is 0.233 e. The van der Waals surface area contributed by atoms with Gasteiger partial charge in [0.2, 0.25) is 11.8 Å². The first-order chi connectivity index (χ1) is 12.3. The van der Waals surface area contributed by atoms with Crippen LogP contribution in [-0.2, 0) is 9.59 Å². The molecule has 0 heterocycles. The predicted molar refractivity (Wildman–Crippen MR) is 87.7 cm³/mol. The Balaban J connectivity index is 2.04. The first-order valence-electron chi connectivity index (χ1n) is 7.31. The van der Waals surface area contributed by atoms with Crippen molar-refractivity contribution >= 4 is 23.2 Å². The summed E-state index contributed by atoms with van der Waals surface area (Å²) < 4.78 is 49.7. The molecule has 0 spiro atoms. The Bertz CT molecular complexity index is 843. The molecule has 2 N–H and O–H groups in total. The second-order valence-corrected chi connectivity index (χ2v) is 5.06. The summed E-state index contributed by atoms with van der Waals surface area (Å²) in [5.74, 6) is -5.49. The van der Waals surface area contributed by atoms with Gasteiger partial charge in [0, 0.05) is 6.07 Å². The number of methoxy groups -OCH3 is 2. The van der Waals surface area contributed by atoms with Crippen LogP contribution in [0, 0.1) is 17.5 Å². The average molecular weight is 368 g/mol. The molecule has 2 rings (SSSR count). The van der Waals surface area contributed by atoms with Gasteiger partial charge in [-0.2, -0.15) is 0 Å². The molecule has 0 unspecified atom stereocenters. The van der Waals surface area contributed by atoms with Crippen molar-refractivity contribution in [3.63, 3.8) is 0 Å². The van der Waals surface area contributed by atoms with Crippen LogP contribution in [0.3, 0.4) is 0 Å². The minimum absolute atomic E-state index is 0.267. The molecule has 0 aliphatic heterocycles. The van der Waals surface area contributed by atoms with Gasteiger partial charge in [-0.3, -0.25) is 9.59 Å². The van der Waals surface area contributed by atoms with Crippen molar-refractivity contribution in [1.82, 2.24) is 0 Å². The van der Waals surface area contributed by atoms with Gasteiger partial charge in [0.25, 0.3) is 0 Å². The highest BCUT2D eigenvalue weighted by Crippen LogP contribution is 2.29. The molecule has 0 aliphatic carbocycles. The quantitative estimate of drug-likeness (QED) is 0.607. The molecule has 0 atom stereocenters. The monoisotopic (exact) mass is 368 g/mol. The summed E-state index contributed by atoms with van der Waals surface area (Å²) in [7, 11) is 2.84. The molecule has 0 saturated carbocycles. The largest absolute Gasteiger partial charge is 0.497 e. The van der Waals surface area contributed by atoms with E-state index in [1.54, 1.807) is 12.1 Å². The standard InChI is InChI=1S/C17H15F3N2O4/c1-25-9-3-6-13(26-2)12(7-9)22-15(24)8-14(23)21-11-5-4-10(18)16(19)17(11)20/h3-7H,8H2,1-2H3,(H,21,23)(H,22,24). The van der Waals surface area contributed by atoms with Gasteiger partial charge < -0.3 is 20.1 Å². The SMILES string of the molecule is COc1ccc(OC)c(NC(=O)CC(=O)Nc2ccc(F)c(F)c2F)c1. The molecular formula is C17H15F3N2O4. The van der Waals surface area contributed by atoms with Gasteiger partial charge in [-0.1, -0.05) is 0 Å². The maximum absolute atomic E-state index is 13.5. The van der Waals surface area contributed by atoms with Crippen LogP contribution in [0.15, 0.2) is 30.3 Å². The molecule has 2 amide bonds. The van der Waals surface area contributed by atoms with E-state index in [9.17, 15) is 22.8 Å². The fourth-order valence-corrected chi connectivity index (χ4v) is 2.07. The molecule has 6 nitrogen and oxygen atoms in total. The zero-order valence-corrected chi connectivity index (χ0v) is 13.9. The predicted octanol–water partition coefficient (Wildman–Crippen LogP) is 3.09. The Hall–Kier alpha value is -3.23. The number of anilines is 2. The molecule has 26 heavy (non-hydrogen) atoms. The highest BCUT2D eigenvalue weighted by atomic mass is 19.2. The number of hydrogen-bond acceptors (Lipinski definition) is 4. The molecule has 0 saturated heterocycles. The van der Waals surface area contributed by atoms with Gasteiger partial charge in [0.1, 0.15) is 17.9 Å². The second-order valence-electron chi connectivity index (χ2n) is 5.06. The number of ether oxygens (including phenoxy) is 2. The van der Waals surface area contributed by atoms with E-state index in [2.05, 4.69) is 5.32 Å². The average Bonchev–Trinajstić information content (AvgIpc) is 2.62. The van der Waals surface area contributed by atoms with Crippen molar-refractivity contribution in [2.75, 3.05) is 24.9 Å². The van der Waals surface area contributed by atoms with E-state index in [0.717, 1.165) is 6.07 Å². The third-order valence-corrected chi connectivity index (χ3v) is 3.31. The molecule has 0 aliphatic rings. The summed E-state index contributed by atoms with van der Waals surface area (Å²) >= 11 is 0. The van der Waals surface area contributed by atoms with E-state index in [-0.39, 0.29) is 5.69 Å². The van der Waals surface area contributed by atoms with E-state index in [4.69, 9.17) is 9.47 Å². The summed E-state index contributed by atoms with van der Waals surface area (Å²) in [6.45, 7) is 0. The number of hydrogen-bond donors (Lipinski definition) is 2. The van der Waals surface area contributed by atoms with Crippen LogP contribution in [0.2, 0.25) is 0 Å². The van der Waals surface area contributed by atoms with Crippen LogP contribution in [0.4, 0.5) is 24.5 Å². The minimum atomic E-state index is -1.71. The van der Waals surface area contributed by atoms with Crippen LogP contribution in [0.25, 0.3) is 0 Å². The molecule has 0 bridgehead atoms. The molecule has 0 radical (unpaired) electrons. The first kappa shape index (κ1) is 19.1. The first-order valence-corrected chi connectivity index (χ1v) is 7.31. The normalized spacial score (nSPS) is 10.2. The fraction of sp³-hybridized carbons (Fsp3) is 0.176. The Morgan fingerprint density at radius 2 is 1.54 bits per heavy atom. The number of rotatable bonds is 6. The second kappa shape index (κ2) is 8.24. The zero-order valence-electron chi connectivity index (χ0n) is 13.9. The van der Waals surface area contributed by atoms with Crippen molar-refractivity contribution in [3.8, 4) is 11.5 Å². The van der Waals surface area contributed by atoms with Crippen molar-refractivity contribution in [2.45, 2.75) is 6.42 Å². The molecule has 2 aromatic rings. The summed E-state index contributed by atoms with van der Waals surface area (Å²) in [5, 5.41) is 4.46. The lowest BCUT2D eigenvalue weighted by molar-refractivity contribution is -0.123. The highest BCUT2D eigenvalue weighted by Gasteiger charge is 2.17. The Labute approximate surface area is 146 Å². The third kappa shape index (κ3) is 4.44. The number of carbonyl (C=O) groups is 2. The molecule has 0 aromatic heterocycles. The number of halogens is 3. The van der Waals surface area contributed by atoms with E-state index in [0.29, 0.717) is 17.6 Å². The molecule has 0 fully saturated rings. The third-order valence-electron chi connectivity index (χ3n) is 3.31. The van der Waals surface area contributed by atoms with Crippen LogP contribution < -0.4 is 20.1 Å². The Kier molecular flexibility index (Phi) is 6.05. The van der Waals surface area contributed by atoms with Gasteiger partial charge in [-0.25, -0.2) is 13.2 Å². The summed E-state index contributed by atoms with van der Waals surface area (Å²) in [4.78, 5) is 23.8. The number of benzene rings is 2. The fourth-order valence-electron chi connectivity index (χ4n) is 2.07. The molecular weight excluding hydrogens is 353 g/mol. The van der Waals surface area contributed by atoms with Gasteiger partial charge in [-0.05, 0) is 24.3 Å². The van der Waals surface area contributed by atoms with Crippen molar-refractivity contribution in [3.05, 3.63) is 47.8 Å². The van der Waals surface area contributed by atoms with Crippen molar-refractivity contribution in [1.29, 1.82) is 0 Å². The zero-order chi connectivity index (χ0) is 19.3. The van der Waals surface area contributed by atoms with E-state index in [1.807, 2.05) is 5.32 Å². The lowest BCUT2D eigenvalue weighted by Crippen LogP contribution is -2.22. The number of nitrogens with one attached hydrogen (secondary N) is 2. The summed E-state index contributed by atoms with van der Waals surface area (Å²) in [5.41, 5.74) is -0.302. The van der Waals surface area contributed by atoms with Crippen LogP contribution in [0.5, 0.6) is 11.5 Å². The minimum Gasteiger partial charge on any atom is -0.497 e. The van der Waals surface area contributed by atoms with Gasteiger partial charge in [0.05, 0.1) is 25.6 Å².